The molecule has 1 aliphatic rings. The van der Waals surface area contributed by atoms with Crippen LogP contribution in [0.3, 0.4) is 0 Å². The van der Waals surface area contributed by atoms with Crippen molar-refractivity contribution in [1.29, 1.82) is 0 Å². The first kappa shape index (κ1) is 22.3. The molecule has 1 aliphatic heterocycles. The normalized spacial score (nSPS) is 16.4. The molecular formula is C19H28FN3O4S. The van der Waals surface area contributed by atoms with Gasteiger partial charge in [-0.25, -0.2) is 12.8 Å². The average Bonchev–Trinajstić information content (AvgIpc) is 2.68. The zero-order valence-electron chi connectivity index (χ0n) is 16.3. The number of nitrogens with zero attached hydrogens (tertiary/aromatic N) is 1. The Balaban J connectivity index is 2.03. The van der Waals surface area contributed by atoms with Crippen molar-refractivity contribution in [3.8, 4) is 0 Å². The second kappa shape index (κ2) is 9.97. The molecule has 1 aromatic rings. The van der Waals surface area contributed by atoms with E-state index in [2.05, 4.69) is 10.6 Å². The standard InChI is InChI=1S/C19H28FN3O4S/c1-3-14(2)22-18(24)9-10-21-19(25)15-7-8-16(20)17(13-15)28(26,27)23-11-5-4-6-12-23/h7-8,13-14H,3-6,9-12H2,1-2H3,(H,21,25)(H,22,24). The number of halogens is 1. The van der Waals surface area contributed by atoms with Crippen LogP contribution in [0.4, 0.5) is 4.39 Å². The molecule has 1 fully saturated rings. The summed E-state index contributed by atoms with van der Waals surface area (Å²) in [6, 6.07) is 3.34. The Bertz CT molecular complexity index is 807. The van der Waals surface area contributed by atoms with E-state index in [1.165, 1.54) is 10.4 Å². The van der Waals surface area contributed by atoms with Crippen LogP contribution in [0.1, 0.15) is 56.3 Å². The molecular weight excluding hydrogens is 385 g/mol. The lowest BCUT2D eigenvalue weighted by atomic mass is 10.2. The molecule has 1 heterocycles. The predicted molar refractivity (Wildman–Crippen MR) is 104 cm³/mol. The summed E-state index contributed by atoms with van der Waals surface area (Å²) in [6.07, 6.45) is 3.33. The van der Waals surface area contributed by atoms with E-state index in [1.807, 2.05) is 13.8 Å². The summed E-state index contributed by atoms with van der Waals surface area (Å²) < 4.78 is 40.9. The smallest absolute Gasteiger partial charge is 0.251 e. The van der Waals surface area contributed by atoms with Crippen LogP contribution in [0.2, 0.25) is 0 Å². The highest BCUT2D eigenvalue weighted by atomic mass is 32.2. The summed E-state index contributed by atoms with van der Waals surface area (Å²) >= 11 is 0. The molecule has 0 radical (unpaired) electrons. The van der Waals surface area contributed by atoms with Crippen molar-refractivity contribution in [3.05, 3.63) is 29.6 Å². The molecule has 1 atom stereocenters. The van der Waals surface area contributed by atoms with Gasteiger partial charge in [0.25, 0.3) is 5.91 Å². The van der Waals surface area contributed by atoms with E-state index in [0.29, 0.717) is 13.1 Å². The van der Waals surface area contributed by atoms with Gasteiger partial charge in [-0.1, -0.05) is 13.3 Å². The highest BCUT2D eigenvalue weighted by Crippen LogP contribution is 2.24. The van der Waals surface area contributed by atoms with Gasteiger partial charge in [0, 0.05) is 37.7 Å². The fourth-order valence-corrected chi connectivity index (χ4v) is 4.53. The maximum atomic E-state index is 14.2. The van der Waals surface area contributed by atoms with E-state index in [0.717, 1.165) is 37.8 Å². The van der Waals surface area contributed by atoms with Crippen molar-refractivity contribution >= 4 is 21.8 Å². The SMILES string of the molecule is CCC(C)NC(=O)CCNC(=O)c1ccc(F)c(S(=O)(=O)N2CCCCC2)c1. The molecule has 0 saturated carbocycles. The molecule has 1 unspecified atom stereocenters. The minimum absolute atomic E-state index is 0.0410. The Morgan fingerprint density at radius 3 is 2.54 bits per heavy atom. The quantitative estimate of drug-likeness (QED) is 0.682. The summed E-state index contributed by atoms with van der Waals surface area (Å²) in [5.41, 5.74) is 0.0410. The third kappa shape index (κ3) is 5.75. The van der Waals surface area contributed by atoms with Crippen molar-refractivity contribution in [1.82, 2.24) is 14.9 Å². The second-order valence-electron chi connectivity index (χ2n) is 6.99. The van der Waals surface area contributed by atoms with E-state index < -0.39 is 26.6 Å². The number of benzene rings is 1. The number of carbonyl (C=O) groups excluding carboxylic acids is 2. The number of sulfonamides is 1. The molecule has 2 N–H and O–H groups in total. The largest absolute Gasteiger partial charge is 0.354 e. The van der Waals surface area contributed by atoms with Crippen LogP contribution < -0.4 is 10.6 Å². The van der Waals surface area contributed by atoms with E-state index >= 15 is 0 Å². The fourth-order valence-electron chi connectivity index (χ4n) is 2.93. The molecule has 0 bridgehead atoms. The number of piperidine rings is 1. The Kier molecular flexibility index (Phi) is 7.94. The van der Waals surface area contributed by atoms with Gasteiger partial charge in [0.05, 0.1) is 0 Å². The van der Waals surface area contributed by atoms with Gasteiger partial charge in [-0.3, -0.25) is 9.59 Å². The van der Waals surface area contributed by atoms with Crippen LogP contribution in [0, 0.1) is 5.82 Å². The Hall–Kier alpha value is -2.00. The van der Waals surface area contributed by atoms with Gasteiger partial charge >= 0.3 is 0 Å². The lowest BCUT2D eigenvalue weighted by molar-refractivity contribution is -0.121. The zero-order chi connectivity index (χ0) is 20.7. The molecule has 0 aliphatic carbocycles. The second-order valence-corrected chi connectivity index (χ2v) is 8.90. The van der Waals surface area contributed by atoms with Gasteiger partial charge in [0.15, 0.2) is 0 Å². The monoisotopic (exact) mass is 413 g/mol. The molecule has 28 heavy (non-hydrogen) atoms. The number of amides is 2. The zero-order valence-corrected chi connectivity index (χ0v) is 17.1. The molecule has 1 saturated heterocycles. The summed E-state index contributed by atoms with van der Waals surface area (Å²) in [4.78, 5) is 23.5. The van der Waals surface area contributed by atoms with Crippen molar-refractivity contribution in [3.63, 3.8) is 0 Å². The van der Waals surface area contributed by atoms with Gasteiger partial charge < -0.3 is 10.6 Å². The lowest BCUT2D eigenvalue weighted by Crippen LogP contribution is -2.36. The predicted octanol–water partition coefficient (Wildman–Crippen LogP) is 2.03. The summed E-state index contributed by atoms with van der Waals surface area (Å²) in [5, 5.41) is 5.36. The number of rotatable bonds is 8. The molecule has 0 aromatic heterocycles. The van der Waals surface area contributed by atoms with Gasteiger partial charge in [-0.2, -0.15) is 4.31 Å². The van der Waals surface area contributed by atoms with Gasteiger partial charge in [0.1, 0.15) is 10.7 Å². The van der Waals surface area contributed by atoms with E-state index in [9.17, 15) is 22.4 Å². The maximum absolute atomic E-state index is 14.2. The summed E-state index contributed by atoms with van der Waals surface area (Å²) in [6.45, 7) is 4.65. The third-order valence-electron chi connectivity index (χ3n) is 4.78. The van der Waals surface area contributed by atoms with Crippen molar-refractivity contribution in [2.75, 3.05) is 19.6 Å². The van der Waals surface area contributed by atoms with E-state index in [1.54, 1.807) is 0 Å². The molecule has 156 valence electrons. The lowest BCUT2D eigenvalue weighted by Gasteiger charge is -2.26. The van der Waals surface area contributed by atoms with Gasteiger partial charge in [-0.15, -0.1) is 0 Å². The van der Waals surface area contributed by atoms with Crippen LogP contribution in [0.5, 0.6) is 0 Å². The molecule has 0 spiro atoms. The molecule has 7 nitrogen and oxygen atoms in total. The molecule has 1 aromatic carbocycles. The topological polar surface area (TPSA) is 95.6 Å². The van der Waals surface area contributed by atoms with Crippen molar-refractivity contribution in [2.45, 2.75) is 56.9 Å². The number of nitrogens with one attached hydrogen (secondary N) is 2. The molecule has 2 amide bonds. The maximum Gasteiger partial charge on any atom is 0.251 e. The van der Waals surface area contributed by atoms with Crippen LogP contribution in [0.15, 0.2) is 23.1 Å². The Morgan fingerprint density at radius 1 is 1.21 bits per heavy atom. The van der Waals surface area contributed by atoms with Crippen LogP contribution in [-0.2, 0) is 14.8 Å². The average molecular weight is 414 g/mol. The van der Waals surface area contributed by atoms with Gasteiger partial charge in [-0.05, 0) is 44.4 Å². The van der Waals surface area contributed by atoms with E-state index in [-0.39, 0.29) is 30.5 Å². The number of carbonyl (C=O) groups is 2. The first-order chi connectivity index (χ1) is 13.3. The molecule has 9 heteroatoms. The van der Waals surface area contributed by atoms with Crippen LogP contribution >= 0.6 is 0 Å². The number of hydrogen-bond acceptors (Lipinski definition) is 4. The minimum atomic E-state index is -3.98. The molecule has 2 rings (SSSR count). The Labute approximate surface area is 165 Å². The van der Waals surface area contributed by atoms with Crippen LogP contribution in [-0.4, -0.2) is 50.2 Å². The van der Waals surface area contributed by atoms with Crippen molar-refractivity contribution < 1.29 is 22.4 Å². The van der Waals surface area contributed by atoms with Crippen LogP contribution in [0.25, 0.3) is 0 Å². The highest BCUT2D eigenvalue weighted by Gasteiger charge is 2.29. The fraction of sp³-hybridized carbons (Fsp3) is 0.579. The van der Waals surface area contributed by atoms with Crippen molar-refractivity contribution in [2.24, 2.45) is 0 Å². The summed E-state index contributed by atoms with van der Waals surface area (Å²) in [7, 11) is -3.98. The highest BCUT2D eigenvalue weighted by molar-refractivity contribution is 7.89. The summed E-state index contributed by atoms with van der Waals surface area (Å²) in [5.74, 6) is -1.61. The third-order valence-corrected chi connectivity index (χ3v) is 6.70. The minimum Gasteiger partial charge on any atom is -0.354 e. The van der Waals surface area contributed by atoms with E-state index in [4.69, 9.17) is 0 Å². The Morgan fingerprint density at radius 2 is 1.89 bits per heavy atom. The first-order valence-electron chi connectivity index (χ1n) is 9.63. The first-order valence-corrected chi connectivity index (χ1v) is 11.1. The van der Waals surface area contributed by atoms with Gasteiger partial charge in [0.2, 0.25) is 15.9 Å². The number of hydrogen-bond donors (Lipinski definition) is 2.